The minimum Gasteiger partial charge on any atom is -0.374 e. The van der Waals surface area contributed by atoms with Gasteiger partial charge in [0, 0.05) is 20.2 Å². The molecule has 2 aromatic heterocycles. The van der Waals surface area contributed by atoms with Crippen LogP contribution in [0.2, 0.25) is 0 Å². The van der Waals surface area contributed by atoms with Crippen molar-refractivity contribution < 1.29 is 4.74 Å². The van der Waals surface area contributed by atoms with Crippen LogP contribution in [0.15, 0.2) is 70.2 Å². The van der Waals surface area contributed by atoms with Gasteiger partial charge in [0.25, 0.3) is 0 Å². The van der Waals surface area contributed by atoms with Crippen molar-refractivity contribution in [2.45, 2.75) is 93.1 Å². The van der Waals surface area contributed by atoms with Gasteiger partial charge >= 0.3 is 0 Å². The summed E-state index contributed by atoms with van der Waals surface area (Å²) in [7, 11) is 0. The van der Waals surface area contributed by atoms with E-state index in [-0.39, 0.29) is 5.41 Å². The van der Waals surface area contributed by atoms with E-state index >= 15 is 0 Å². The molecular weight excluding hydrogens is 513 g/mol. The second-order valence-electron chi connectivity index (χ2n) is 12.7. The van der Waals surface area contributed by atoms with Gasteiger partial charge in [-0.15, -0.1) is 22.7 Å². The van der Waals surface area contributed by atoms with Crippen LogP contribution in [0.5, 0.6) is 0 Å². The van der Waals surface area contributed by atoms with E-state index < -0.39 is 0 Å². The summed E-state index contributed by atoms with van der Waals surface area (Å²) in [5.41, 5.74) is 7.82. The molecular formula is C36H48OS2. The highest BCUT2D eigenvalue weighted by Gasteiger charge is 2.44. The standard InChI is InChI=1S/C36H48OS2/c1-8-10-11-26(9-2)23(3)12-14-28-25(5)36(6,7)31-20-24(4)30-21-27(13-15-32(30)37-18-16-29(28)31)34-22-35-33(39-34)17-19-38-35/h11-12,14,16-17,19,21-24,30-32H,8-10,13,15,18,20H2,1-7H3/b14-12-,26-11+,29-16-. The van der Waals surface area contributed by atoms with E-state index in [1.165, 1.54) is 44.7 Å². The molecule has 0 aromatic carbocycles. The van der Waals surface area contributed by atoms with Crippen LogP contribution in [0.25, 0.3) is 15.0 Å². The Morgan fingerprint density at radius 1 is 1.23 bits per heavy atom. The van der Waals surface area contributed by atoms with E-state index in [1.807, 2.05) is 22.7 Å². The number of ether oxygens (including phenoxy) is 1. The molecule has 3 heteroatoms. The lowest BCUT2D eigenvalue weighted by Gasteiger charge is -2.37. The van der Waals surface area contributed by atoms with Crippen LogP contribution in [0.3, 0.4) is 0 Å². The van der Waals surface area contributed by atoms with E-state index in [4.69, 9.17) is 4.74 Å². The third-order valence-electron chi connectivity index (χ3n) is 10.0. The molecule has 210 valence electrons. The van der Waals surface area contributed by atoms with E-state index in [0.717, 1.165) is 25.9 Å². The molecule has 3 heterocycles. The molecule has 0 radical (unpaired) electrons. The Balaban J connectivity index is 1.40. The monoisotopic (exact) mass is 560 g/mol. The van der Waals surface area contributed by atoms with Crippen molar-refractivity contribution in [2.24, 2.45) is 29.1 Å². The lowest BCUT2D eigenvalue weighted by Crippen LogP contribution is -2.32. The summed E-state index contributed by atoms with van der Waals surface area (Å²) >= 11 is 3.83. The van der Waals surface area contributed by atoms with Crippen molar-refractivity contribution >= 4 is 37.6 Å². The molecule has 0 saturated carbocycles. The average molecular weight is 561 g/mol. The number of fused-ring (bicyclic) bond motifs is 3. The lowest BCUT2D eigenvalue weighted by atomic mass is 9.69. The SMILES string of the molecule is CCC/C=C(\CC)C(C)/C=C\C1=C(C)C(C)(C)C2CC(C)C3C=C(c4cc5sccc5s4)CCC3OC/C=C/12. The molecule has 1 aliphatic heterocycles. The minimum absolute atomic E-state index is 0.161. The maximum Gasteiger partial charge on any atom is 0.0657 e. The largest absolute Gasteiger partial charge is 0.374 e. The molecule has 5 atom stereocenters. The molecule has 0 amide bonds. The number of unbranched alkanes of at least 4 members (excludes halogenated alkanes) is 1. The minimum atomic E-state index is 0.161. The second-order valence-corrected chi connectivity index (χ2v) is 14.7. The van der Waals surface area contributed by atoms with Gasteiger partial charge in [0.15, 0.2) is 0 Å². The van der Waals surface area contributed by atoms with Gasteiger partial charge in [-0.05, 0) is 96.4 Å². The number of hydrogen-bond acceptors (Lipinski definition) is 3. The maximum atomic E-state index is 6.68. The Morgan fingerprint density at radius 2 is 2.05 bits per heavy atom. The van der Waals surface area contributed by atoms with Crippen LogP contribution < -0.4 is 0 Å². The zero-order valence-corrected chi connectivity index (χ0v) is 26.8. The lowest BCUT2D eigenvalue weighted by molar-refractivity contribution is 0.0175. The number of allylic oxidation sites excluding steroid dienone is 8. The van der Waals surface area contributed by atoms with Gasteiger partial charge in [-0.3, -0.25) is 0 Å². The maximum absolute atomic E-state index is 6.68. The molecule has 5 rings (SSSR count). The van der Waals surface area contributed by atoms with E-state index in [0.29, 0.717) is 29.8 Å². The molecule has 0 saturated heterocycles. The van der Waals surface area contributed by atoms with Crippen molar-refractivity contribution in [1.82, 2.24) is 0 Å². The first-order chi connectivity index (χ1) is 18.7. The van der Waals surface area contributed by atoms with Crippen LogP contribution in [0, 0.1) is 29.1 Å². The number of rotatable bonds is 7. The first-order valence-corrected chi connectivity index (χ1v) is 17.0. The van der Waals surface area contributed by atoms with Crippen molar-refractivity contribution in [2.75, 3.05) is 6.61 Å². The molecule has 3 aliphatic rings. The number of hydrogen-bond donors (Lipinski definition) is 0. The fourth-order valence-electron chi connectivity index (χ4n) is 7.20. The molecule has 2 aromatic rings. The van der Waals surface area contributed by atoms with Crippen molar-refractivity contribution in [3.8, 4) is 0 Å². The third-order valence-corrected chi connectivity index (χ3v) is 12.2. The van der Waals surface area contributed by atoms with Gasteiger partial charge in [-0.2, -0.15) is 0 Å². The molecule has 2 aliphatic carbocycles. The summed E-state index contributed by atoms with van der Waals surface area (Å²) in [5.74, 6) is 2.08. The van der Waals surface area contributed by atoms with Gasteiger partial charge in [-0.1, -0.05) is 89.5 Å². The Hall–Kier alpha value is -1.68. The summed E-state index contributed by atoms with van der Waals surface area (Å²) in [6, 6.07) is 4.69. The van der Waals surface area contributed by atoms with E-state index in [9.17, 15) is 0 Å². The normalized spacial score (nSPS) is 29.9. The highest BCUT2D eigenvalue weighted by Crippen LogP contribution is 2.54. The Morgan fingerprint density at radius 3 is 2.79 bits per heavy atom. The Kier molecular flexibility index (Phi) is 8.91. The van der Waals surface area contributed by atoms with Gasteiger partial charge in [0.2, 0.25) is 0 Å². The molecule has 39 heavy (non-hydrogen) atoms. The summed E-state index contributed by atoms with van der Waals surface area (Å²) in [6.07, 6.45) is 19.8. The highest BCUT2D eigenvalue weighted by molar-refractivity contribution is 7.27. The molecule has 1 nitrogen and oxygen atoms in total. The fourth-order valence-corrected chi connectivity index (χ4v) is 9.36. The third kappa shape index (κ3) is 5.74. The second kappa shape index (κ2) is 12.0. The topological polar surface area (TPSA) is 9.23 Å². The van der Waals surface area contributed by atoms with Crippen molar-refractivity contribution in [1.29, 1.82) is 0 Å². The fraction of sp³-hybridized carbons (Fsp3) is 0.556. The highest BCUT2D eigenvalue weighted by atomic mass is 32.1. The molecule has 0 spiro atoms. The van der Waals surface area contributed by atoms with E-state index in [1.54, 1.807) is 16.7 Å². The molecule has 0 bridgehead atoms. The first kappa shape index (κ1) is 28.8. The summed E-state index contributed by atoms with van der Waals surface area (Å²) in [5, 5.41) is 2.21. The van der Waals surface area contributed by atoms with Crippen LogP contribution in [-0.2, 0) is 4.74 Å². The average Bonchev–Trinajstić information content (AvgIpc) is 3.58. The van der Waals surface area contributed by atoms with Crippen LogP contribution in [0.4, 0.5) is 0 Å². The van der Waals surface area contributed by atoms with Crippen LogP contribution in [-0.4, -0.2) is 12.7 Å². The van der Waals surface area contributed by atoms with Gasteiger partial charge in [0.05, 0.1) is 12.7 Å². The molecule has 0 fully saturated rings. The zero-order valence-electron chi connectivity index (χ0n) is 25.2. The van der Waals surface area contributed by atoms with Gasteiger partial charge in [-0.25, -0.2) is 0 Å². The first-order valence-electron chi connectivity index (χ1n) is 15.3. The van der Waals surface area contributed by atoms with E-state index in [2.05, 4.69) is 96.4 Å². The van der Waals surface area contributed by atoms with Crippen molar-refractivity contribution in [3.63, 3.8) is 0 Å². The molecule has 0 N–H and O–H groups in total. The molecule has 5 unspecified atom stereocenters. The number of thiophene rings is 2. The summed E-state index contributed by atoms with van der Waals surface area (Å²) < 4.78 is 9.54. The predicted molar refractivity (Wildman–Crippen MR) is 174 cm³/mol. The van der Waals surface area contributed by atoms with Crippen LogP contribution in [0.1, 0.15) is 91.9 Å². The predicted octanol–water partition coefficient (Wildman–Crippen LogP) is 11.4. The zero-order chi connectivity index (χ0) is 27.7. The van der Waals surface area contributed by atoms with Crippen LogP contribution >= 0.6 is 22.7 Å². The van der Waals surface area contributed by atoms with Crippen molar-refractivity contribution in [3.05, 3.63) is 75.1 Å². The quantitative estimate of drug-likeness (QED) is 0.306. The van der Waals surface area contributed by atoms with Gasteiger partial charge < -0.3 is 4.74 Å². The summed E-state index contributed by atoms with van der Waals surface area (Å²) in [6.45, 7) is 17.5. The summed E-state index contributed by atoms with van der Waals surface area (Å²) in [4.78, 5) is 1.47. The Bertz CT molecular complexity index is 1290. The smallest absolute Gasteiger partial charge is 0.0657 e. The van der Waals surface area contributed by atoms with Gasteiger partial charge in [0.1, 0.15) is 0 Å². The Labute approximate surface area is 245 Å².